The predicted octanol–water partition coefficient (Wildman–Crippen LogP) is 5.60. The highest BCUT2D eigenvalue weighted by molar-refractivity contribution is 7.10. The van der Waals surface area contributed by atoms with Crippen molar-refractivity contribution in [2.24, 2.45) is 0 Å². The summed E-state index contributed by atoms with van der Waals surface area (Å²) >= 11 is 1.60. The lowest BCUT2D eigenvalue weighted by molar-refractivity contribution is -0.115. The van der Waals surface area contributed by atoms with Gasteiger partial charge in [0, 0.05) is 36.5 Å². The lowest BCUT2D eigenvalue weighted by Gasteiger charge is -2.15. The highest BCUT2D eigenvalue weighted by Gasteiger charge is 2.14. The lowest BCUT2D eigenvalue weighted by atomic mass is 10.1. The Morgan fingerprint density at radius 1 is 1.16 bits per heavy atom. The topological polar surface area (TPSA) is 58.1 Å². The van der Waals surface area contributed by atoms with Crippen molar-refractivity contribution in [3.8, 4) is 0 Å². The summed E-state index contributed by atoms with van der Waals surface area (Å²) in [4.78, 5) is 24.0. The molecule has 0 radical (unpaired) electrons. The van der Waals surface area contributed by atoms with Gasteiger partial charge in [-0.05, 0) is 68.3 Å². The molecule has 0 unspecified atom stereocenters. The molecular weight excluding hydrogens is 404 g/mol. The Labute approximate surface area is 190 Å². The molecule has 0 saturated carbocycles. The molecule has 1 aliphatic rings. The van der Waals surface area contributed by atoms with E-state index in [1.165, 1.54) is 18.4 Å². The number of hydrogen-bond donors (Lipinski definition) is 1. The third-order valence-electron chi connectivity index (χ3n) is 4.89. The van der Waals surface area contributed by atoms with Crippen LogP contribution in [0.25, 0.3) is 0 Å². The molecule has 3 aromatic rings. The normalized spacial score (nSPS) is 12.8. The van der Waals surface area contributed by atoms with Crippen molar-refractivity contribution in [3.63, 3.8) is 0 Å². The molecule has 2 aromatic heterocycles. The predicted molar refractivity (Wildman–Crippen MR) is 132 cm³/mol. The maximum Gasteiger partial charge on any atom is 0.229 e. The summed E-state index contributed by atoms with van der Waals surface area (Å²) in [5, 5.41) is 4.87. The summed E-state index contributed by atoms with van der Waals surface area (Å²) < 4.78 is 0. The van der Waals surface area contributed by atoms with E-state index in [9.17, 15) is 4.79 Å². The van der Waals surface area contributed by atoms with Crippen molar-refractivity contribution in [1.82, 2.24) is 9.97 Å². The Kier molecular flexibility index (Phi) is 8.35. The molecule has 0 aliphatic carbocycles. The average Bonchev–Trinajstić information content (AvgIpc) is 3.44. The van der Waals surface area contributed by atoms with Gasteiger partial charge >= 0.3 is 0 Å². The van der Waals surface area contributed by atoms with Gasteiger partial charge < -0.3 is 10.2 Å². The first-order valence-corrected chi connectivity index (χ1v) is 11.5. The molecular formula is C25H32N4OS. The number of anilines is 2. The third-order valence-corrected chi connectivity index (χ3v) is 5.77. The van der Waals surface area contributed by atoms with Gasteiger partial charge in [-0.3, -0.25) is 4.79 Å². The number of carbonyl (C=O) groups excluding carboxylic acids is 1. The largest absolute Gasteiger partial charge is 0.341 e. The van der Waals surface area contributed by atoms with E-state index in [-0.39, 0.29) is 7.33 Å². The van der Waals surface area contributed by atoms with Crippen molar-refractivity contribution in [2.75, 3.05) is 23.3 Å². The van der Waals surface area contributed by atoms with Gasteiger partial charge in [-0.2, -0.15) is 0 Å². The zero-order valence-electron chi connectivity index (χ0n) is 18.3. The summed E-state index contributed by atoms with van der Waals surface area (Å²) in [6.45, 7) is 9.97. The van der Waals surface area contributed by atoms with Crippen LogP contribution in [-0.4, -0.2) is 29.0 Å². The number of rotatable bonds is 6. The van der Waals surface area contributed by atoms with E-state index < -0.39 is 0 Å². The number of nitrogens with zero attached hydrogens (tertiary/aromatic N) is 3. The fourth-order valence-electron chi connectivity index (χ4n) is 3.43. The van der Waals surface area contributed by atoms with Crippen LogP contribution < -0.4 is 10.2 Å². The van der Waals surface area contributed by atoms with Gasteiger partial charge in [0.15, 0.2) is 0 Å². The van der Waals surface area contributed by atoms with Gasteiger partial charge in [-0.15, -0.1) is 17.9 Å². The molecule has 1 N–H and O–H groups in total. The number of benzene rings is 1. The van der Waals surface area contributed by atoms with Crippen LogP contribution in [0.15, 0.2) is 60.5 Å². The van der Waals surface area contributed by atoms with Crippen LogP contribution in [0.1, 0.15) is 36.1 Å². The molecule has 0 spiro atoms. The van der Waals surface area contributed by atoms with Crippen molar-refractivity contribution in [2.45, 2.75) is 39.5 Å². The SMILES string of the molecule is C=CCc1ccc(NC(=O)Cc2cccs2)cc1.Cc1cc(C)nc(N2CCCC2)n1.[HH]. The van der Waals surface area contributed by atoms with Crippen LogP contribution in [0, 0.1) is 13.8 Å². The average molecular weight is 437 g/mol. The molecule has 31 heavy (non-hydrogen) atoms. The summed E-state index contributed by atoms with van der Waals surface area (Å²) in [6, 6.07) is 13.8. The quantitative estimate of drug-likeness (QED) is 0.511. The van der Waals surface area contributed by atoms with Crippen LogP contribution >= 0.6 is 11.3 Å². The van der Waals surface area contributed by atoms with E-state index in [1.54, 1.807) is 11.3 Å². The Morgan fingerprint density at radius 3 is 2.42 bits per heavy atom. The minimum atomic E-state index is 0. The molecule has 3 heterocycles. The Balaban J connectivity index is 0.000000230. The fraction of sp³-hybridized carbons (Fsp3) is 0.320. The maximum atomic E-state index is 11.8. The summed E-state index contributed by atoms with van der Waals surface area (Å²) in [6.07, 6.45) is 5.70. The van der Waals surface area contributed by atoms with Crippen LogP contribution in [0.2, 0.25) is 0 Å². The number of thiophene rings is 1. The first-order chi connectivity index (χ1) is 15.0. The summed E-state index contributed by atoms with van der Waals surface area (Å²) in [5.41, 5.74) is 4.16. The molecule has 0 atom stereocenters. The number of allylic oxidation sites excluding steroid dienone is 1. The van der Waals surface area contributed by atoms with Gasteiger partial charge in [-0.1, -0.05) is 24.3 Å². The minimum absolute atomic E-state index is 0. The molecule has 164 valence electrons. The van der Waals surface area contributed by atoms with Gasteiger partial charge in [0.2, 0.25) is 11.9 Å². The van der Waals surface area contributed by atoms with E-state index in [2.05, 4.69) is 26.8 Å². The monoisotopic (exact) mass is 436 g/mol. The Bertz CT molecular complexity index is 963. The zero-order chi connectivity index (χ0) is 22.1. The van der Waals surface area contributed by atoms with Gasteiger partial charge in [0.25, 0.3) is 0 Å². The van der Waals surface area contributed by atoms with Crippen LogP contribution in [0.4, 0.5) is 11.6 Å². The Hall–Kier alpha value is -2.99. The summed E-state index contributed by atoms with van der Waals surface area (Å²) in [5.74, 6) is 0.934. The molecule has 1 fully saturated rings. The fourth-order valence-corrected chi connectivity index (χ4v) is 4.14. The van der Waals surface area contributed by atoms with Crippen molar-refractivity contribution in [1.29, 1.82) is 0 Å². The van der Waals surface area contributed by atoms with E-state index in [0.717, 1.165) is 47.4 Å². The zero-order valence-corrected chi connectivity index (χ0v) is 19.1. The Morgan fingerprint density at radius 2 is 1.84 bits per heavy atom. The van der Waals surface area contributed by atoms with E-state index in [4.69, 9.17) is 0 Å². The van der Waals surface area contributed by atoms with Crippen molar-refractivity contribution in [3.05, 3.63) is 82.3 Å². The standard InChI is InChI=1S/C15H15NOS.C10H15N3.H2/c1-2-4-12-6-8-13(9-7-12)16-15(17)11-14-5-3-10-18-14;1-8-7-9(2)12-10(11-8)13-5-3-4-6-13;/h2-3,5-10H,1,4,11H2,(H,16,17);7H,3-6H2,1-2H3;1H. The molecule has 4 rings (SSSR count). The van der Waals surface area contributed by atoms with Crippen LogP contribution in [0.5, 0.6) is 0 Å². The highest BCUT2D eigenvalue weighted by Crippen LogP contribution is 2.16. The number of aromatic nitrogens is 2. The molecule has 0 bridgehead atoms. The number of hydrogen-bond acceptors (Lipinski definition) is 5. The second-order valence-electron chi connectivity index (χ2n) is 7.64. The minimum Gasteiger partial charge on any atom is -0.341 e. The molecule has 1 saturated heterocycles. The van der Waals surface area contributed by atoms with E-state index in [1.807, 2.05) is 67.8 Å². The number of carbonyl (C=O) groups is 1. The molecule has 6 heteroatoms. The maximum absolute atomic E-state index is 11.8. The first-order valence-electron chi connectivity index (χ1n) is 10.6. The van der Waals surface area contributed by atoms with Crippen LogP contribution in [-0.2, 0) is 17.6 Å². The highest BCUT2D eigenvalue weighted by atomic mass is 32.1. The van der Waals surface area contributed by atoms with Crippen molar-refractivity contribution >= 4 is 28.9 Å². The van der Waals surface area contributed by atoms with Gasteiger partial charge in [0.05, 0.1) is 6.42 Å². The number of aryl methyl sites for hydroxylation is 2. The smallest absolute Gasteiger partial charge is 0.229 e. The van der Waals surface area contributed by atoms with E-state index in [0.29, 0.717) is 6.42 Å². The van der Waals surface area contributed by atoms with Gasteiger partial charge in [-0.25, -0.2) is 9.97 Å². The van der Waals surface area contributed by atoms with Crippen molar-refractivity contribution < 1.29 is 6.22 Å². The third kappa shape index (κ3) is 7.33. The van der Waals surface area contributed by atoms with Crippen LogP contribution in [0.3, 0.4) is 0 Å². The molecule has 1 aliphatic heterocycles. The van der Waals surface area contributed by atoms with E-state index >= 15 is 0 Å². The summed E-state index contributed by atoms with van der Waals surface area (Å²) in [7, 11) is 0. The molecule has 5 nitrogen and oxygen atoms in total. The lowest BCUT2D eigenvalue weighted by Crippen LogP contribution is -2.20. The first kappa shape index (κ1) is 22.7. The number of nitrogens with one attached hydrogen (secondary N) is 1. The van der Waals surface area contributed by atoms with Gasteiger partial charge in [0.1, 0.15) is 0 Å². The molecule has 1 amide bonds. The second kappa shape index (κ2) is 11.4. The molecule has 1 aromatic carbocycles. The second-order valence-corrected chi connectivity index (χ2v) is 8.67. The number of amides is 1.